The summed E-state index contributed by atoms with van der Waals surface area (Å²) in [4.78, 5) is 27.1. The van der Waals surface area contributed by atoms with Gasteiger partial charge in [-0.3, -0.25) is 9.78 Å². The van der Waals surface area contributed by atoms with Gasteiger partial charge in [-0.15, -0.1) is 0 Å². The molecule has 146 valence electrons. The zero-order chi connectivity index (χ0) is 20.7. The number of carboxylic acid groups (broad SMARTS) is 1. The lowest BCUT2D eigenvalue weighted by atomic mass is 9.98. The number of benzene rings is 1. The summed E-state index contributed by atoms with van der Waals surface area (Å²) in [6, 6.07) is 8.28. The number of hydrogen-bond donors (Lipinski definition) is 2. The molecule has 0 aliphatic carbocycles. The Balaban J connectivity index is 2.05. The Morgan fingerprint density at radius 3 is 2.64 bits per heavy atom. The number of nitriles is 1. The van der Waals surface area contributed by atoms with Crippen LogP contribution >= 0.6 is 0 Å². The first kappa shape index (κ1) is 21.1. The van der Waals surface area contributed by atoms with Gasteiger partial charge in [-0.25, -0.2) is 4.79 Å². The standard InChI is InChI=1S/C21H23N3O4/c1-21(2,3)28-19(25)6-7-23-11-14-8-17(13-24-12-14)18-9-15(20(26)27)4-5-16(18)10-22/h4-5,8-9,12-13,23H,6-7,11H2,1-3H3,(H,26,27). The summed E-state index contributed by atoms with van der Waals surface area (Å²) in [5.74, 6) is -1.32. The maximum atomic E-state index is 11.7. The molecule has 2 aromatic rings. The summed E-state index contributed by atoms with van der Waals surface area (Å²) in [6.45, 7) is 6.40. The predicted molar refractivity (Wildman–Crippen MR) is 104 cm³/mol. The number of pyridine rings is 1. The summed E-state index contributed by atoms with van der Waals surface area (Å²) in [5, 5.41) is 21.7. The fourth-order valence-corrected chi connectivity index (χ4v) is 2.56. The molecular weight excluding hydrogens is 358 g/mol. The monoisotopic (exact) mass is 381 g/mol. The van der Waals surface area contributed by atoms with Gasteiger partial charge in [0.2, 0.25) is 0 Å². The fourth-order valence-electron chi connectivity index (χ4n) is 2.56. The largest absolute Gasteiger partial charge is 0.478 e. The minimum Gasteiger partial charge on any atom is -0.478 e. The number of nitrogens with zero attached hydrogens (tertiary/aromatic N) is 2. The molecule has 7 heteroatoms. The second-order valence-corrected chi connectivity index (χ2v) is 7.27. The molecule has 1 aromatic heterocycles. The third-order valence-corrected chi connectivity index (χ3v) is 3.75. The van der Waals surface area contributed by atoms with Crippen LogP contribution in [0.5, 0.6) is 0 Å². The minimum absolute atomic E-state index is 0.106. The molecule has 0 saturated heterocycles. The van der Waals surface area contributed by atoms with Crippen LogP contribution in [0.2, 0.25) is 0 Å². The molecule has 0 radical (unpaired) electrons. The number of carbonyl (C=O) groups excluding carboxylic acids is 1. The molecule has 0 amide bonds. The molecule has 1 aromatic carbocycles. The smallest absolute Gasteiger partial charge is 0.335 e. The lowest BCUT2D eigenvalue weighted by molar-refractivity contribution is -0.154. The molecule has 2 rings (SSSR count). The minimum atomic E-state index is -1.06. The van der Waals surface area contributed by atoms with Gasteiger partial charge in [-0.05, 0) is 50.6 Å². The van der Waals surface area contributed by atoms with Gasteiger partial charge in [0.15, 0.2) is 0 Å². The average Bonchev–Trinajstić information content (AvgIpc) is 2.63. The van der Waals surface area contributed by atoms with Crippen LogP contribution in [-0.2, 0) is 16.1 Å². The van der Waals surface area contributed by atoms with Crippen LogP contribution in [0, 0.1) is 11.3 Å². The van der Waals surface area contributed by atoms with Gasteiger partial charge in [0.1, 0.15) is 5.60 Å². The van der Waals surface area contributed by atoms with Crippen molar-refractivity contribution >= 4 is 11.9 Å². The van der Waals surface area contributed by atoms with Crippen molar-refractivity contribution in [3.63, 3.8) is 0 Å². The topological polar surface area (TPSA) is 112 Å². The van der Waals surface area contributed by atoms with Crippen LogP contribution in [0.1, 0.15) is 48.7 Å². The Kier molecular flexibility index (Phi) is 6.85. The first-order chi connectivity index (χ1) is 13.2. The number of rotatable bonds is 7. The number of ether oxygens (including phenoxy) is 1. The number of aromatic nitrogens is 1. The summed E-state index contributed by atoms with van der Waals surface area (Å²) < 4.78 is 5.25. The van der Waals surface area contributed by atoms with Crippen molar-refractivity contribution < 1.29 is 19.4 Å². The van der Waals surface area contributed by atoms with E-state index in [0.29, 0.717) is 29.8 Å². The van der Waals surface area contributed by atoms with Gasteiger partial charge in [-0.2, -0.15) is 5.26 Å². The number of carboxylic acids is 1. The highest BCUT2D eigenvalue weighted by atomic mass is 16.6. The van der Waals surface area contributed by atoms with E-state index in [1.54, 1.807) is 12.4 Å². The lowest BCUT2D eigenvalue weighted by Crippen LogP contribution is -2.26. The van der Waals surface area contributed by atoms with Gasteiger partial charge < -0.3 is 15.2 Å². The molecule has 0 bridgehead atoms. The molecule has 28 heavy (non-hydrogen) atoms. The van der Waals surface area contributed by atoms with E-state index in [0.717, 1.165) is 5.56 Å². The molecule has 0 atom stereocenters. The molecule has 0 aliphatic rings. The van der Waals surface area contributed by atoms with Crippen LogP contribution in [0.3, 0.4) is 0 Å². The van der Waals surface area contributed by atoms with E-state index in [9.17, 15) is 20.0 Å². The van der Waals surface area contributed by atoms with E-state index >= 15 is 0 Å². The summed E-state index contributed by atoms with van der Waals surface area (Å²) in [5.41, 5.74) is 2.01. The molecular formula is C21H23N3O4. The van der Waals surface area contributed by atoms with Crippen LogP contribution in [0.15, 0.2) is 36.7 Å². The Hall–Kier alpha value is -3.24. The molecule has 0 spiro atoms. The fraction of sp³-hybridized carbons (Fsp3) is 0.333. The molecule has 2 N–H and O–H groups in total. The van der Waals surface area contributed by atoms with Crippen molar-refractivity contribution in [3.8, 4) is 17.2 Å². The van der Waals surface area contributed by atoms with Crippen molar-refractivity contribution in [2.75, 3.05) is 6.54 Å². The first-order valence-corrected chi connectivity index (χ1v) is 8.84. The van der Waals surface area contributed by atoms with E-state index < -0.39 is 11.6 Å². The van der Waals surface area contributed by atoms with Gasteiger partial charge in [0.25, 0.3) is 0 Å². The second-order valence-electron chi connectivity index (χ2n) is 7.27. The Labute approximate surface area is 164 Å². The van der Waals surface area contributed by atoms with Crippen molar-refractivity contribution in [2.45, 2.75) is 39.3 Å². The number of esters is 1. The zero-order valence-corrected chi connectivity index (χ0v) is 16.2. The van der Waals surface area contributed by atoms with Crippen molar-refractivity contribution in [1.82, 2.24) is 10.3 Å². The van der Waals surface area contributed by atoms with Crippen LogP contribution in [-0.4, -0.2) is 34.2 Å². The van der Waals surface area contributed by atoms with Crippen molar-refractivity contribution in [3.05, 3.63) is 53.3 Å². The number of hydrogen-bond acceptors (Lipinski definition) is 6. The highest BCUT2D eigenvalue weighted by Gasteiger charge is 2.15. The van der Waals surface area contributed by atoms with Crippen LogP contribution < -0.4 is 5.32 Å². The van der Waals surface area contributed by atoms with E-state index in [1.165, 1.54) is 18.2 Å². The highest BCUT2D eigenvalue weighted by molar-refractivity contribution is 5.90. The quantitative estimate of drug-likeness (QED) is 0.559. The highest BCUT2D eigenvalue weighted by Crippen LogP contribution is 2.25. The van der Waals surface area contributed by atoms with Crippen molar-refractivity contribution in [1.29, 1.82) is 5.26 Å². The number of carbonyl (C=O) groups is 2. The van der Waals surface area contributed by atoms with E-state index in [-0.39, 0.29) is 18.0 Å². The molecule has 0 aliphatic heterocycles. The number of aromatic carboxylic acids is 1. The van der Waals surface area contributed by atoms with E-state index in [1.807, 2.05) is 26.8 Å². The van der Waals surface area contributed by atoms with Gasteiger partial charge >= 0.3 is 11.9 Å². The summed E-state index contributed by atoms with van der Waals surface area (Å²) >= 11 is 0. The Morgan fingerprint density at radius 1 is 1.25 bits per heavy atom. The number of nitrogens with one attached hydrogen (secondary N) is 1. The summed E-state index contributed by atoms with van der Waals surface area (Å²) in [7, 11) is 0. The third-order valence-electron chi connectivity index (χ3n) is 3.75. The molecule has 7 nitrogen and oxygen atoms in total. The Morgan fingerprint density at radius 2 is 2.00 bits per heavy atom. The SMILES string of the molecule is CC(C)(C)OC(=O)CCNCc1cncc(-c2cc(C(=O)O)ccc2C#N)c1. The lowest BCUT2D eigenvalue weighted by Gasteiger charge is -2.19. The molecule has 0 fully saturated rings. The third kappa shape index (κ3) is 6.18. The Bertz CT molecular complexity index is 911. The van der Waals surface area contributed by atoms with Gasteiger partial charge in [0, 0.05) is 36.6 Å². The zero-order valence-electron chi connectivity index (χ0n) is 16.2. The maximum absolute atomic E-state index is 11.7. The van der Waals surface area contributed by atoms with E-state index in [2.05, 4.69) is 16.4 Å². The second kappa shape index (κ2) is 9.11. The van der Waals surface area contributed by atoms with Gasteiger partial charge in [0.05, 0.1) is 23.6 Å². The first-order valence-electron chi connectivity index (χ1n) is 8.84. The average molecular weight is 381 g/mol. The maximum Gasteiger partial charge on any atom is 0.335 e. The predicted octanol–water partition coefficient (Wildman–Crippen LogP) is 3.14. The van der Waals surface area contributed by atoms with Crippen LogP contribution in [0.25, 0.3) is 11.1 Å². The summed E-state index contributed by atoms with van der Waals surface area (Å²) in [6.07, 6.45) is 3.52. The normalized spacial score (nSPS) is 10.9. The van der Waals surface area contributed by atoms with Crippen molar-refractivity contribution in [2.24, 2.45) is 0 Å². The molecule has 1 heterocycles. The molecule has 0 unspecified atom stereocenters. The molecule has 0 saturated carbocycles. The van der Waals surface area contributed by atoms with E-state index in [4.69, 9.17) is 4.74 Å². The van der Waals surface area contributed by atoms with Crippen LogP contribution in [0.4, 0.5) is 0 Å². The van der Waals surface area contributed by atoms with Gasteiger partial charge in [-0.1, -0.05) is 0 Å².